The molecule has 0 aromatic heterocycles. The maximum atomic E-state index is 5.77. The molecule has 2 unspecified atom stereocenters. The van der Waals surface area contributed by atoms with Gasteiger partial charge in [-0.05, 0) is 30.5 Å². The van der Waals surface area contributed by atoms with Gasteiger partial charge in [0.05, 0.1) is 6.10 Å². The first-order valence-electron chi connectivity index (χ1n) is 7.76. The van der Waals surface area contributed by atoms with E-state index >= 15 is 0 Å². The SMILES string of the molecule is COC1CCCNC1C(c1ccccc1)c1ccccc1. The summed E-state index contributed by atoms with van der Waals surface area (Å²) in [6.45, 7) is 1.07. The molecule has 0 radical (unpaired) electrons. The number of piperidine rings is 1. The lowest BCUT2D eigenvalue weighted by atomic mass is 9.80. The number of benzene rings is 2. The average Bonchev–Trinajstić information content (AvgIpc) is 2.58. The van der Waals surface area contributed by atoms with Gasteiger partial charge in [0.2, 0.25) is 0 Å². The zero-order chi connectivity index (χ0) is 14.5. The average molecular weight is 281 g/mol. The van der Waals surface area contributed by atoms with E-state index in [0.717, 1.165) is 13.0 Å². The van der Waals surface area contributed by atoms with Crippen molar-refractivity contribution in [3.05, 3.63) is 71.8 Å². The highest BCUT2D eigenvalue weighted by atomic mass is 16.5. The Morgan fingerprint density at radius 3 is 2.05 bits per heavy atom. The summed E-state index contributed by atoms with van der Waals surface area (Å²) in [5, 5.41) is 3.69. The van der Waals surface area contributed by atoms with E-state index in [9.17, 15) is 0 Å². The summed E-state index contributed by atoms with van der Waals surface area (Å²) in [6.07, 6.45) is 2.58. The Balaban J connectivity index is 2.00. The van der Waals surface area contributed by atoms with Crippen LogP contribution in [-0.2, 0) is 4.74 Å². The Bertz CT molecular complexity index is 501. The van der Waals surface area contributed by atoms with Crippen LogP contribution in [0.4, 0.5) is 0 Å². The van der Waals surface area contributed by atoms with Crippen LogP contribution in [0, 0.1) is 0 Å². The number of rotatable bonds is 4. The molecule has 0 saturated carbocycles. The molecule has 1 fully saturated rings. The third-order valence-corrected chi connectivity index (χ3v) is 4.43. The van der Waals surface area contributed by atoms with E-state index < -0.39 is 0 Å². The van der Waals surface area contributed by atoms with Crippen LogP contribution in [0.15, 0.2) is 60.7 Å². The Kier molecular flexibility index (Phi) is 4.69. The molecule has 2 heteroatoms. The molecule has 1 aliphatic rings. The topological polar surface area (TPSA) is 21.3 Å². The zero-order valence-corrected chi connectivity index (χ0v) is 12.5. The Morgan fingerprint density at radius 2 is 1.52 bits per heavy atom. The fourth-order valence-corrected chi connectivity index (χ4v) is 3.41. The fourth-order valence-electron chi connectivity index (χ4n) is 3.41. The Labute approximate surface area is 127 Å². The van der Waals surface area contributed by atoms with E-state index in [4.69, 9.17) is 4.74 Å². The molecular formula is C19H23NO. The number of nitrogens with one attached hydrogen (secondary N) is 1. The largest absolute Gasteiger partial charge is 0.380 e. The first-order chi connectivity index (χ1) is 10.4. The molecule has 0 spiro atoms. The summed E-state index contributed by atoms with van der Waals surface area (Å²) < 4.78 is 5.77. The molecule has 110 valence electrons. The highest BCUT2D eigenvalue weighted by molar-refractivity contribution is 5.35. The van der Waals surface area contributed by atoms with Crippen LogP contribution in [0.2, 0.25) is 0 Å². The molecule has 2 nitrogen and oxygen atoms in total. The van der Waals surface area contributed by atoms with E-state index in [1.54, 1.807) is 0 Å². The maximum Gasteiger partial charge on any atom is 0.0734 e. The molecule has 0 amide bonds. The molecule has 1 saturated heterocycles. The van der Waals surface area contributed by atoms with Gasteiger partial charge >= 0.3 is 0 Å². The fraction of sp³-hybridized carbons (Fsp3) is 0.368. The van der Waals surface area contributed by atoms with E-state index in [-0.39, 0.29) is 6.10 Å². The Morgan fingerprint density at radius 1 is 0.952 bits per heavy atom. The molecule has 2 aromatic carbocycles. The van der Waals surface area contributed by atoms with Crippen molar-refractivity contribution in [1.29, 1.82) is 0 Å². The van der Waals surface area contributed by atoms with Gasteiger partial charge < -0.3 is 10.1 Å². The minimum Gasteiger partial charge on any atom is -0.380 e. The maximum absolute atomic E-state index is 5.77. The monoisotopic (exact) mass is 281 g/mol. The third kappa shape index (κ3) is 3.17. The Hall–Kier alpha value is -1.64. The lowest BCUT2D eigenvalue weighted by molar-refractivity contribution is 0.0403. The summed E-state index contributed by atoms with van der Waals surface area (Å²) in [5.41, 5.74) is 2.70. The smallest absolute Gasteiger partial charge is 0.0734 e. The summed E-state index contributed by atoms with van der Waals surface area (Å²) in [6, 6.07) is 21.9. The van der Waals surface area contributed by atoms with Gasteiger partial charge in [-0.1, -0.05) is 60.7 Å². The predicted octanol–water partition coefficient (Wildman–Crippen LogP) is 3.59. The molecule has 2 atom stereocenters. The van der Waals surface area contributed by atoms with Crippen molar-refractivity contribution in [1.82, 2.24) is 5.32 Å². The van der Waals surface area contributed by atoms with Gasteiger partial charge in [0.25, 0.3) is 0 Å². The van der Waals surface area contributed by atoms with Crippen molar-refractivity contribution in [3.63, 3.8) is 0 Å². The highest BCUT2D eigenvalue weighted by Gasteiger charge is 2.33. The van der Waals surface area contributed by atoms with Crippen molar-refractivity contribution in [2.75, 3.05) is 13.7 Å². The number of hydrogen-bond donors (Lipinski definition) is 1. The van der Waals surface area contributed by atoms with Gasteiger partial charge in [-0.25, -0.2) is 0 Å². The van der Waals surface area contributed by atoms with Crippen LogP contribution in [-0.4, -0.2) is 25.8 Å². The van der Waals surface area contributed by atoms with Crippen LogP contribution in [0.25, 0.3) is 0 Å². The van der Waals surface area contributed by atoms with E-state index in [0.29, 0.717) is 12.0 Å². The van der Waals surface area contributed by atoms with Crippen molar-refractivity contribution < 1.29 is 4.74 Å². The lowest BCUT2D eigenvalue weighted by Gasteiger charge is -2.37. The molecule has 0 bridgehead atoms. The second-order valence-corrected chi connectivity index (χ2v) is 5.70. The summed E-state index contributed by atoms with van der Waals surface area (Å²) in [7, 11) is 1.83. The molecule has 1 aliphatic heterocycles. The zero-order valence-electron chi connectivity index (χ0n) is 12.5. The second-order valence-electron chi connectivity index (χ2n) is 5.70. The number of ether oxygens (including phenoxy) is 1. The summed E-state index contributed by atoms with van der Waals surface area (Å²) >= 11 is 0. The van der Waals surface area contributed by atoms with Crippen molar-refractivity contribution in [2.24, 2.45) is 0 Å². The van der Waals surface area contributed by atoms with Crippen LogP contribution in [0.1, 0.15) is 29.9 Å². The normalized spacial score (nSPS) is 22.4. The molecule has 21 heavy (non-hydrogen) atoms. The van der Waals surface area contributed by atoms with Gasteiger partial charge in [-0.3, -0.25) is 0 Å². The van der Waals surface area contributed by atoms with Crippen molar-refractivity contribution >= 4 is 0 Å². The lowest BCUT2D eigenvalue weighted by Crippen LogP contribution is -2.49. The molecule has 3 rings (SSSR count). The van der Waals surface area contributed by atoms with E-state index in [1.807, 2.05) is 7.11 Å². The van der Waals surface area contributed by atoms with Crippen LogP contribution >= 0.6 is 0 Å². The summed E-state index contributed by atoms with van der Waals surface area (Å²) in [4.78, 5) is 0. The van der Waals surface area contributed by atoms with Crippen LogP contribution in [0.3, 0.4) is 0 Å². The molecule has 0 aliphatic carbocycles. The van der Waals surface area contributed by atoms with Gasteiger partial charge in [0.1, 0.15) is 0 Å². The van der Waals surface area contributed by atoms with Crippen molar-refractivity contribution in [3.8, 4) is 0 Å². The number of methoxy groups -OCH3 is 1. The first-order valence-corrected chi connectivity index (χ1v) is 7.76. The van der Waals surface area contributed by atoms with Gasteiger partial charge in [0.15, 0.2) is 0 Å². The van der Waals surface area contributed by atoms with Crippen LogP contribution < -0.4 is 5.32 Å². The number of hydrogen-bond acceptors (Lipinski definition) is 2. The van der Waals surface area contributed by atoms with Gasteiger partial charge in [-0.2, -0.15) is 0 Å². The standard InChI is InChI=1S/C19H23NO/c1-21-17-13-8-14-20-19(17)18(15-9-4-2-5-10-15)16-11-6-3-7-12-16/h2-7,9-12,17-20H,8,13-14H2,1H3. The highest BCUT2D eigenvalue weighted by Crippen LogP contribution is 2.32. The first kappa shape index (κ1) is 14.3. The third-order valence-electron chi connectivity index (χ3n) is 4.43. The molecule has 1 heterocycles. The van der Waals surface area contributed by atoms with Gasteiger partial charge in [0, 0.05) is 19.1 Å². The van der Waals surface area contributed by atoms with E-state index in [2.05, 4.69) is 66.0 Å². The quantitative estimate of drug-likeness (QED) is 0.925. The molecule has 1 N–H and O–H groups in total. The van der Waals surface area contributed by atoms with Crippen LogP contribution in [0.5, 0.6) is 0 Å². The minimum absolute atomic E-state index is 0.268. The molecular weight excluding hydrogens is 258 g/mol. The predicted molar refractivity (Wildman–Crippen MR) is 86.5 cm³/mol. The molecule has 2 aromatic rings. The van der Waals surface area contributed by atoms with E-state index in [1.165, 1.54) is 17.5 Å². The summed E-state index contributed by atoms with van der Waals surface area (Å²) in [5.74, 6) is 0.331. The van der Waals surface area contributed by atoms with Crippen molar-refractivity contribution in [2.45, 2.75) is 30.9 Å². The second kappa shape index (κ2) is 6.88. The minimum atomic E-state index is 0.268. The van der Waals surface area contributed by atoms with Gasteiger partial charge in [-0.15, -0.1) is 0 Å².